The van der Waals surface area contributed by atoms with Crippen molar-refractivity contribution in [2.45, 2.75) is 30.4 Å². The van der Waals surface area contributed by atoms with Gasteiger partial charge in [0.25, 0.3) is 0 Å². The first kappa shape index (κ1) is 27.8. The van der Waals surface area contributed by atoms with Crippen molar-refractivity contribution < 1.29 is 22.7 Å². The molecule has 0 unspecified atom stereocenters. The number of benzene rings is 4. The van der Waals surface area contributed by atoms with Gasteiger partial charge in [-0.05, 0) is 106 Å². The zero-order valence-electron chi connectivity index (χ0n) is 22.6. The SMILES string of the molecule is COc1ccc(C(=O)c2ccc(N(C)c3ccc(C(=O)C(C)(C)S(=O)(=O)c4ccc(C)cc4)cc3)cc2)cc1. The van der Waals surface area contributed by atoms with Crippen LogP contribution in [0.25, 0.3) is 0 Å². The largest absolute Gasteiger partial charge is 0.497 e. The van der Waals surface area contributed by atoms with Crippen molar-refractivity contribution in [3.63, 3.8) is 0 Å². The lowest BCUT2D eigenvalue weighted by Crippen LogP contribution is -2.40. The Morgan fingerprint density at radius 3 is 1.59 bits per heavy atom. The Kier molecular flexibility index (Phi) is 7.74. The van der Waals surface area contributed by atoms with Gasteiger partial charge in [0.05, 0.1) is 12.0 Å². The Morgan fingerprint density at radius 1 is 0.692 bits per heavy atom. The van der Waals surface area contributed by atoms with Gasteiger partial charge < -0.3 is 9.64 Å². The molecule has 0 N–H and O–H groups in total. The molecule has 0 saturated heterocycles. The van der Waals surface area contributed by atoms with Gasteiger partial charge in [0.1, 0.15) is 10.5 Å². The van der Waals surface area contributed by atoms with Gasteiger partial charge in [0, 0.05) is 35.1 Å². The molecule has 4 rings (SSSR count). The average Bonchev–Trinajstić information content (AvgIpc) is 2.96. The van der Waals surface area contributed by atoms with E-state index in [1.54, 1.807) is 79.9 Å². The zero-order valence-corrected chi connectivity index (χ0v) is 23.5. The number of hydrogen-bond acceptors (Lipinski definition) is 6. The molecule has 0 bridgehead atoms. The molecule has 0 aliphatic carbocycles. The van der Waals surface area contributed by atoms with Crippen molar-refractivity contribution in [2.24, 2.45) is 0 Å². The van der Waals surface area contributed by atoms with Crippen LogP contribution in [0.4, 0.5) is 11.4 Å². The number of hydrogen-bond donors (Lipinski definition) is 0. The van der Waals surface area contributed by atoms with Gasteiger partial charge in [0.15, 0.2) is 21.4 Å². The van der Waals surface area contributed by atoms with E-state index in [1.165, 1.54) is 26.0 Å². The number of nitrogens with zero attached hydrogens (tertiary/aromatic N) is 1. The summed E-state index contributed by atoms with van der Waals surface area (Å²) in [5.74, 6) is 0.129. The average molecular weight is 542 g/mol. The molecule has 0 saturated carbocycles. The van der Waals surface area contributed by atoms with Crippen LogP contribution in [0.2, 0.25) is 0 Å². The van der Waals surface area contributed by atoms with Gasteiger partial charge in [-0.1, -0.05) is 17.7 Å². The van der Waals surface area contributed by atoms with Crippen LogP contribution < -0.4 is 9.64 Å². The molecule has 4 aromatic rings. The monoisotopic (exact) mass is 541 g/mol. The highest BCUT2D eigenvalue weighted by molar-refractivity contribution is 7.93. The van der Waals surface area contributed by atoms with Crippen LogP contribution >= 0.6 is 0 Å². The van der Waals surface area contributed by atoms with E-state index in [0.29, 0.717) is 22.4 Å². The smallest absolute Gasteiger partial charge is 0.193 e. The molecule has 0 atom stereocenters. The molecule has 200 valence electrons. The van der Waals surface area contributed by atoms with E-state index in [4.69, 9.17) is 4.74 Å². The number of sulfone groups is 1. The molecule has 0 fully saturated rings. The number of aryl methyl sites for hydroxylation is 1. The van der Waals surface area contributed by atoms with Gasteiger partial charge in [-0.15, -0.1) is 0 Å². The summed E-state index contributed by atoms with van der Waals surface area (Å²) < 4.78 is 30.1. The number of methoxy groups -OCH3 is 1. The highest BCUT2D eigenvalue weighted by Gasteiger charge is 2.43. The summed E-state index contributed by atoms with van der Waals surface area (Å²) in [7, 11) is -0.444. The van der Waals surface area contributed by atoms with E-state index < -0.39 is 20.4 Å². The number of Topliss-reactive ketones (excluding diaryl/α,β-unsaturated/α-hetero) is 1. The number of anilines is 2. The quantitative estimate of drug-likeness (QED) is 0.227. The van der Waals surface area contributed by atoms with Crippen LogP contribution in [-0.4, -0.2) is 38.9 Å². The summed E-state index contributed by atoms with van der Waals surface area (Å²) in [6.07, 6.45) is 0. The van der Waals surface area contributed by atoms with E-state index >= 15 is 0 Å². The third-order valence-corrected chi connectivity index (χ3v) is 9.36. The lowest BCUT2D eigenvalue weighted by Gasteiger charge is -2.24. The predicted molar refractivity (Wildman–Crippen MR) is 154 cm³/mol. The summed E-state index contributed by atoms with van der Waals surface area (Å²) >= 11 is 0. The number of carbonyl (C=O) groups excluding carboxylic acids is 2. The Labute approximate surface area is 229 Å². The van der Waals surface area contributed by atoms with E-state index in [1.807, 2.05) is 31.0 Å². The van der Waals surface area contributed by atoms with E-state index in [0.717, 1.165) is 16.9 Å². The number of carbonyl (C=O) groups is 2. The van der Waals surface area contributed by atoms with Crippen LogP contribution in [-0.2, 0) is 9.84 Å². The second-order valence-electron chi connectivity index (χ2n) is 9.87. The summed E-state index contributed by atoms with van der Waals surface area (Å²) in [5, 5.41) is 0. The van der Waals surface area contributed by atoms with Gasteiger partial charge in [0.2, 0.25) is 0 Å². The highest BCUT2D eigenvalue weighted by Crippen LogP contribution is 2.31. The normalized spacial score (nSPS) is 11.6. The maximum Gasteiger partial charge on any atom is 0.193 e. The molecule has 0 aromatic heterocycles. The molecule has 7 heteroatoms. The Hall–Kier alpha value is -4.23. The lowest BCUT2D eigenvalue weighted by atomic mass is 10.00. The molecule has 0 aliphatic heterocycles. The molecule has 0 amide bonds. The molecule has 0 heterocycles. The van der Waals surface area contributed by atoms with Crippen molar-refractivity contribution in [2.75, 3.05) is 19.1 Å². The van der Waals surface area contributed by atoms with E-state index in [2.05, 4.69) is 0 Å². The van der Waals surface area contributed by atoms with E-state index in [-0.39, 0.29) is 10.7 Å². The first-order valence-electron chi connectivity index (χ1n) is 12.4. The maximum absolute atomic E-state index is 13.3. The number of ketones is 2. The van der Waals surface area contributed by atoms with Crippen molar-refractivity contribution in [3.8, 4) is 5.75 Å². The third kappa shape index (κ3) is 5.49. The standard InChI is InChI=1S/C32H31NO5S/c1-22-6-20-29(21-7-22)39(36,37)32(2,3)31(35)25-10-16-27(17-11-25)33(4)26-14-8-23(9-15-26)30(34)24-12-18-28(38-5)19-13-24/h6-21H,1-5H3. The summed E-state index contributed by atoms with van der Waals surface area (Å²) in [5.41, 5.74) is 4.05. The summed E-state index contributed by atoms with van der Waals surface area (Å²) in [4.78, 5) is 28.2. The van der Waals surface area contributed by atoms with Crippen LogP contribution in [0.1, 0.15) is 45.7 Å². The predicted octanol–water partition coefficient (Wildman–Crippen LogP) is 6.44. The van der Waals surface area contributed by atoms with E-state index in [9.17, 15) is 18.0 Å². The minimum Gasteiger partial charge on any atom is -0.497 e. The van der Waals surface area contributed by atoms with Crippen LogP contribution in [0.15, 0.2) is 102 Å². The fourth-order valence-electron chi connectivity index (χ4n) is 4.21. The molecule has 6 nitrogen and oxygen atoms in total. The van der Waals surface area contributed by atoms with Gasteiger partial charge >= 0.3 is 0 Å². The molecule has 39 heavy (non-hydrogen) atoms. The Bertz CT molecular complexity index is 1590. The lowest BCUT2D eigenvalue weighted by molar-refractivity contribution is 0.0953. The Morgan fingerprint density at radius 2 is 1.13 bits per heavy atom. The van der Waals surface area contributed by atoms with Crippen LogP contribution in [0, 0.1) is 6.92 Å². The van der Waals surface area contributed by atoms with Gasteiger partial charge in [-0.3, -0.25) is 9.59 Å². The second kappa shape index (κ2) is 10.9. The Balaban J connectivity index is 1.50. The third-order valence-electron chi connectivity index (χ3n) is 6.94. The van der Waals surface area contributed by atoms with Crippen molar-refractivity contribution >= 4 is 32.8 Å². The molecule has 0 spiro atoms. The van der Waals surface area contributed by atoms with Crippen molar-refractivity contribution in [1.29, 1.82) is 0 Å². The summed E-state index contributed by atoms with van der Waals surface area (Å²) in [6.45, 7) is 4.76. The van der Waals surface area contributed by atoms with Crippen LogP contribution in [0.3, 0.4) is 0 Å². The van der Waals surface area contributed by atoms with Crippen molar-refractivity contribution in [3.05, 3.63) is 119 Å². The highest BCUT2D eigenvalue weighted by atomic mass is 32.2. The minimum atomic E-state index is -3.90. The molecular formula is C32H31NO5S. The molecule has 0 radical (unpaired) electrons. The fourth-order valence-corrected chi connectivity index (χ4v) is 5.66. The van der Waals surface area contributed by atoms with Crippen LogP contribution in [0.5, 0.6) is 5.75 Å². The second-order valence-corrected chi connectivity index (χ2v) is 12.4. The summed E-state index contributed by atoms with van der Waals surface area (Å²) in [6, 6.07) is 27.6. The fraction of sp³-hybridized carbons (Fsp3) is 0.188. The first-order valence-corrected chi connectivity index (χ1v) is 13.9. The minimum absolute atomic E-state index is 0.0853. The van der Waals surface area contributed by atoms with Gasteiger partial charge in [-0.2, -0.15) is 0 Å². The molecule has 4 aromatic carbocycles. The topological polar surface area (TPSA) is 80.8 Å². The zero-order chi connectivity index (χ0) is 28.4. The van der Waals surface area contributed by atoms with Gasteiger partial charge in [-0.25, -0.2) is 8.42 Å². The number of ether oxygens (including phenoxy) is 1. The molecular weight excluding hydrogens is 510 g/mol. The maximum atomic E-state index is 13.3. The first-order chi connectivity index (χ1) is 18.5. The van der Waals surface area contributed by atoms with Crippen molar-refractivity contribution in [1.82, 2.24) is 0 Å². The number of rotatable bonds is 9. The molecule has 0 aliphatic rings.